The quantitative estimate of drug-likeness (QED) is 0.414. The summed E-state index contributed by atoms with van der Waals surface area (Å²) in [7, 11) is 0. The third-order valence-electron chi connectivity index (χ3n) is 3.24. The van der Waals surface area contributed by atoms with Crippen LogP contribution in [0.5, 0.6) is 5.75 Å². The Morgan fingerprint density at radius 1 is 1.26 bits per heavy atom. The number of ether oxygens (including phenoxy) is 1. The van der Waals surface area contributed by atoms with Gasteiger partial charge in [-0.25, -0.2) is 0 Å². The molecule has 0 aliphatic rings. The monoisotopic (exact) mass is 333 g/mol. The van der Waals surface area contributed by atoms with Crippen molar-refractivity contribution >= 4 is 23.1 Å². The second-order valence-corrected chi connectivity index (χ2v) is 5.47. The third kappa shape index (κ3) is 4.53. The van der Waals surface area contributed by atoms with E-state index in [1.807, 2.05) is 13.0 Å². The maximum atomic E-state index is 11.9. The number of nitrogens with zero attached hydrogens (tertiary/aromatic N) is 1. The summed E-state index contributed by atoms with van der Waals surface area (Å²) < 4.78 is 5.52. The van der Waals surface area contributed by atoms with Crippen molar-refractivity contribution in [3.63, 3.8) is 0 Å². The first-order chi connectivity index (χ1) is 11.0. The summed E-state index contributed by atoms with van der Waals surface area (Å²) in [6.45, 7) is 2.04. The number of hydrogen-bond acceptors (Lipinski definition) is 4. The normalized spacial score (nSPS) is 10.3. The summed E-state index contributed by atoms with van der Waals surface area (Å²) in [6, 6.07) is 11.3. The van der Waals surface area contributed by atoms with Crippen LogP contribution in [-0.2, 0) is 6.61 Å². The average molecular weight is 334 g/mol. The molecule has 2 rings (SSSR count). The van der Waals surface area contributed by atoms with Gasteiger partial charge in [-0.15, -0.1) is 0 Å². The van der Waals surface area contributed by atoms with Crippen molar-refractivity contribution in [2.24, 2.45) is 0 Å². The smallest absolute Gasteiger partial charge is 0.311 e. The Bertz CT molecular complexity index is 730. The van der Waals surface area contributed by atoms with E-state index < -0.39 is 4.92 Å². The van der Waals surface area contributed by atoms with Crippen LogP contribution in [0.1, 0.15) is 35.7 Å². The molecule has 0 fully saturated rings. The fourth-order valence-electron chi connectivity index (χ4n) is 2.11. The van der Waals surface area contributed by atoms with Crippen LogP contribution < -0.4 is 4.74 Å². The minimum atomic E-state index is -0.546. The molecule has 0 radical (unpaired) electrons. The molecule has 0 heterocycles. The number of hydrogen-bond donors (Lipinski definition) is 0. The lowest BCUT2D eigenvalue weighted by atomic mass is 10.1. The van der Waals surface area contributed by atoms with Gasteiger partial charge in [0.15, 0.2) is 11.5 Å². The van der Waals surface area contributed by atoms with Gasteiger partial charge in [0.2, 0.25) is 0 Å². The van der Waals surface area contributed by atoms with Gasteiger partial charge in [-0.2, -0.15) is 0 Å². The minimum absolute atomic E-state index is 0.114. The molecule has 2 aromatic rings. The zero-order valence-electron chi connectivity index (χ0n) is 12.6. The number of carbonyl (C=O) groups excluding carboxylic acids is 1. The summed E-state index contributed by atoms with van der Waals surface area (Å²) in [5.41, 5.74) is 0.917. The van der Waals surface area contributed by atoms with E-state index in [2.05, 4.69) is 0 Å². The van der Waals surface area contributed by atoms with Gasteiger partial charge in [0.05, 0.1) is 4.92 Å². The number of rotatable bonds is 7. The first kappa shape index (κ1) is 17.0. The van der Waals surface area contributed by atoms with Crippen molar-refractivity contribution in [3.8, 4) is 5.75 Å². The lowest BCUT2D eigenvalue weighted by Gasteiger charge is -2.08. The molecule has 5 nitrogen and oxygen atoms in total. The largest absolute Gasteiger partial charge is 0.482 e. The fourth-order valence-corrected chi connectivity index (χ4v) is 2.33. The van der Waals surface area contributed by atoms with E-state index in [-0.39, 0.29) is 23.8 Å². The van der Waals surface area contributed by atoms with Gasteiger partial charge in [-0.1, -0.05) is 30.7 Å². The number of benzene rings is 2. The molecular formula is C17H16ClNO4. The van der Waals surface area contributed by atoms with Gasteiger partial charge in [-0.3, -0.25) is 14.9 Å². The van der Waals surface area contributed by atoms with Crippen LogP contribution in [0.15, 0.2) is 42.5 Å². The maximum absolute atomic E-state index is 11.9. The SMILES string of the molecule is CCCC(=O)c1ccc(OCc2cccc(Cl)c2)c([N+](=O)[O-])c1. The highest BCUT2D eigenvalue weighted by Gasteiger charge is 2.18. The topological polar surface area (TPSA) is 69.4 Å². The molecule has 0 saturated carbocycles. The predicted octanol–water partition coefficient (Wildman–Crippen LogP) is 4.81. The first-order valence-corrected chi connectivity index (χ1v) is 7.58. The van der Waals surface area contributed by atoms with E-state index in [0.29, 0.717) is 23.4 Å². The van der Waals surface area contributed by atoms with Crippen LogP contribution >= 0.6 is 11.6 Å². The predicted molar refractivity (Wildman–Crippen MR) is 88.1 cm³/mol. The maximum Gasteiger partial charge on any atom is 0.311 e. The Morgan fingerprint density at radius 3 is 2.70 bits per heavy atom. The molecule has 0 N–H and O–H groups in total. The Kier molecular flexibility index (Phi) is 5.71. The second kappa shape index (κ2) is 7.74. The molecule has 23 heavy (non-hydrogen) atoms. The zero-order chi connectivity index (χ0) is 16.8. The number of nitro groups is 1. The Labute approximate surface area is 139 Å². The third-order valence-corrected chi connectivity index (χ3v) is 3.47. The molecule has 0 bridgehead atoms. The number of halogens is 1. The molecule has 120 valence electrons. The number of Topliss-reactive ketones (excluding diaryl/α,β-unsaturated/α-hetero) is 1. The summed E-state index contributed by atoms with van der Waals surface area (Å²) in [4.78, 5) is 22.5. The molecule has 0 aromatic heterocycles. The van der Waals surface area contributed by atoms with Crippen LogP contribution in [0.2, 0.25) is 5.02 Å². The summed E-state index contributed by atoms with van der Waals surface area (Å²) >= 11 is 5.89. The van der Waals surface area contributed by atoms with Crippen molar-refractivity contribution in [2.45, 2.75) is 26.4 Å². The molecule has 2 aromatic carbocycles. The van der Waals surface area contributed by atoms with E-state index in [0.717, 1.165) is 5.56 Å². The van der Waals surface area contributed by atoms with Crippen molar-refractivity contribution in [1.29, 1.82) is 0 Å². The van der Waals surface area contributed by atoms with Crippen LogP contribution in [-0.4, -0.2) is 10.7 Å². The molecule has 0 aliphatic carbocycles. The second-order valence-electron chi connectivity index (χ2n) is 5.03. The van der Waals surface area contributed by atoms with Gasteiger partial charge < -0.3 is 4.74 Å². The van der Waals surface area contributed by atoms with Crippen molar-refractivity contribution in [1.82, 2.24) is 0 Å². The van der Waals surface area contributed by atoms with Gasteiger partial charge in [0.1, 0.15) is 6.61 Å². The van der Waals surface area contributed by atoms with E-state index in [9.17, 15) is 14.9 Å². The van der Waals surface area contributed by atoms with Gasteiger partial charge in [0.25, 0.3) is 0 Å². The fraction of sp³-hybridized carbons (Fsp3) is 0.235. The van der Waals surface area contributed by atoms with E-state index >= 15 is 0 Å². The zero-order valence-corrected chi connectivity index (χ0v) is 13.4. The Morgan fingerprint density at radius 2 is 2.04 bits per heavy atom. The molecular weight excluding hydrogens is 318 g/mol. The van der Waals surface area contributed by atoms with Gasteiger partial charge in [-0.05, 0) is 36.2 Å². The molecule has 0 amide bonds. The van der Waals surface area contributed by atoms with Crippen LogP contribution in [0.4, 0.5) is 5.69 Å². The molecule has 0 spiro atoms. The van der Waals surface area contributed by atoms with Crippen molar-refractivity contribution in [2.75, 3.05) is 0 Å². The lowest BCUT2D eigenvalue weighted by molar-refractivity contribution is -0.386. The number of nitro benzene ring substituents is 1. The van der Waals surface area contributed by atoms with E-state index in [4.69, 9.17) is 16.3 Å². The molecule has 0 aliphatic heterocycles. The van der Waals surface area contributed by atoms with Crippen molar-refractivity contribution in [3.05, 3.63) is 68.7 Å². The van der Waals surface area contributed by atoms with Crippen LogP contribution in [0.3, 0.4) is 0 Å². The molecule has 0 atom stereocenters. The van der Waals surface area contributed by atoms with E-state index in [1.54, 1.807) is 24.3 Å². The number of ketones is 1. The summed E-state index contributed by atoms with van der Waals surface area (Å²) in [5.74, 6) is 0.0139. The Hall–Kier alpha value is -2.40. The highest BCUT2D eigenvalue weighted by atomic mass is 35.5. The highest BCUT2D eigenvalue weighted by Crippen LogP contribution is 2.29. The lowest BCUT2D eigenvalue weighted by Crippen LogP contribution is -2.03. The van der Waals surface area contributed by atoms with E-state index in [1.165, 1.54) is 12.1 Å². The average Bonchev–Trinajstić information content (AvgIpc) is 2.53. The van der Waals surface area contributed by atoms with Crippen molar-refractivity contribution < 1.29 is 14.5 Å². The molecule has 6 heteroatoms. The Balaban J connectivity index is 2.21. The summed E-state index contributed by atoms with van der Waals surface area (Å²) in [6.07, 6.45) is 1.06. The van der Waals surface area contributed by atoms with Crippen LogP contribution in [0.25, 0.3) is 0 Å². The van der Waals surface area contributed by atoms with Crippen LogP contribution in [0, 0.1) is 10.1 Å². The van der Waals surface area contributed by atoms with Gasteiger partial charge in [0, 0.05) is 23.1 Å². The minimum Gasteiger partial charge on any atom is -0.482 e. The first-order valence-electron chi connectivity index (χ1n) is 7.20. The standard InChI is InChI=1S/C17H16ClNO4/c1-2-4-16(20)13-7-8-17(15(10-13)19(21)22)23-11-12-5-3-6-14(18)9-12/h3,5-10H,2,4,11H2,1H3. The molecule has 0 saturated heterocycles. The molecule has 0 unspecified atom stereocenters. The van der Waals surface area contributed by atoms with Gasteiger partial charge >= 0.3 is 5.69 Å². The summed E-state index contributed by atoms with van der Waals surface area (Å²) in [5, 5.41) is 11.8. The highest BCUT2D eigenvalue weighted by molar-refractivity contribution is 6.30. The number of carbonyl (C=O) groups is 1.